The van der Waals surface area contributed by atoms with Crippen molar-refractivity contribution in [1.29, 1.82) is 5.26 Å². The minimum atomic E-state index is 0.0960. The van der Waals surface area contributed by atoms with Crippen molar-refractivity contribution < 1.29 is 4.74 Å². The van der Waals surface area contributed by atoms with E-state index in [1.807, 2.05) is 6.07 Å². The van der Waals surface area contributed by atoms with E-state index in [1.165, 1.54) is 7.11 Å². The summed E-state index contributed by atoms with van der Waals surface area (Å²) in [6.45, 7) is 6.83. The molecule has 12 heavy (non-hydrogen) atoms. The molecule has 0 atom stereocenters. The third-order valence-corrected chi connectivity index (χ3v) is 0.985. The highest BCUT2D eigenvalue weighted by Crippen LogP contribution is 2.07. The highest BCUT2D eigenvalue weighted by atomic mass is 16.5. The van der Waals surface area contributed by atoms with Crippen molar-refractivity contribution >= 4 is 12.4 Å². The highest BCUT2D eigenvalue weighted by Gasteiger charge is 2.02. The Labute approximate surface area is 71.9 Å². The maximum Gasteiger partial charge on any atom is 0.250 e. The molecule has 0 aliphatic carbocycles. The Kier molecular flexibility index (Phi) is 4.39. The topological polar surface area (TPSA) is 57.7 Å². The molecule has 4 heteroatoms. The Morgan fingerprint density at radius 3 is 2.33 bits per heavy atom. The molecule has 4 nitrogen and oxygen atoms in total. The van der Waals surface area contributed by atoms with E-state index in [1.54, 1.807) is 13.8 Å². The van der Waals surface area contributed by atoms with Crippen LogP contribution in [0.25, 0.3) is 0 Å². The molecule has 0 aliphatic rings. The third-order valence-electron chi connectivity index (χ3n) is 0.985. The van der Waals surface area contributed by atoms with Crippen LogP contribution in [0.2, 0.25) is 0 Å². The van der Waals surface area contributed by atoms with Crippen LogP contribution in [0.15, 0.2) is 21.6 Å². The van der Waals surface area contributed by atoms with E-state index in [0.29, 0.717) is 0 Å². The zero-order valence-corrected chi connectivity index (χ0v) is 7.46. The van der Waals surface area contributed by atoms with Crippen LogP contribution in [0, 0.1) is 11.3 Å². The van der Waals surface area contributed by atoms with Crippen LogP contribution in [0.1, 0.15) is 13.8 Å². The standard InChI is InChI=1S/C8H11N3O/c1-6(2)11-8(12-4)7(5-9)10-3/h3H2,1-2,4H3/b8-7+. The first-order chi connectivity index (χ1) is 5.65. The molecule has 0 unspecified atom stereocenters. The van der Waals surface area contributed by atoms with Gasteiger partial charge < -0.3 is 4.74 Å². The van der Waals surface area contributed by atoms with Gasteiger partial charge in [-0.05, 0) is 20.6 Å². The van der Waals surface area contributed by atoms with Crippen molar-refractivity contribution in [3.63, 3.8) is 0 Å². The molecule has 0 aromatic rings. The van der Waals surface area contributed by atoms with Gasteiger partial charge in [0.25, 0.3) is 5.88 Å². The summed E-state index contributed by atoms with van der Waals surface area (Å²) in [6, 6.07) is 1.83. The summed E-state index contributed by atoms with van der Waals surface area (Å²) in [5, 5.41) is 8.55. The van der Waals surface area contributed by atoms with E-state index in [9.17, 15) is 0 Å². The normalized spacial score (nSPS) is 10.8. The lowest BCUT2D eigenvalue weighted by Gasteiger charge is -1.99. The van der Waals surface area contributed by atoms with Gasteiger partial charge in [-0.1, -0.05) is 0 Å². The average Bonchev–Trinajstić information content (AvgIpc) is 2.04. The first kappa shape index (κ1) is 10.4. The van der Waals surface area contributed by atoms with E-state index >= 15 is 0 Å². The summed E-state index contributed by atoms with van der Waals surface area (Å²) in [7, 11) is 1.43. The minimum absolute atomic E-state index is 0.0960. The first-order valence-electron chi connectivity index (χ1n) is 3.32. The summed E-state index contributed by atoms with van der Waals surface area (Å²) in [5.74, 6) is 0.201. The Hall–Kier alpha value is -1.63. The number of nitrogens with zero attached hydrogens (tertiary/aromatic N) is 3. The highest BCUT2D eigenvalue weighted by molar-refractivity contribution is 5.80. The molecule has 0 rings (SSSR count). The molecule has 0 saturated carbocycles. The molecule has 0 spiro atoms. The molecule has 0 N–H and O–H groups in total. The van der Waals surface area contributed by atoms with Crippen LogP contribution < -0.4 is 0 Å². The minimum Gasteiger partial charge on any atom is -0.479 e. The van der Waals surface area contributed by atoms with Gasteiger partial charge in [0.1, 0.15) is 6.07 Å². The predicted octanol–water partition coefficient (Wildman–Crippen LogP) is 1.51. The van der Waals surface area contributed by atoms with Crippen LogP contribution in [-0.4, -0.2) is 19.5 Å². The number of methoxy groups -OCH3 is 1. The maximum absolute atomic E-state index is 8.55. The van der Waals surface area contributed by atoms with Crippen molar-refractivity contribution in [3.8, 4) is 6.07 Å². The SMILES string of the molecule is C=N/C(C#N)=C(\N=C(C)C)OC. The summed E-state index contributed by atoms with van der Waals surface area (Å²) in [6.07, 6.45) is 0. The van der Waals surface area contributed by atoms with Crippen LogP contribution in [0.5, 0.6) is 0 Å². The molecular weight excluding hydrogens is 154 g/mol. The number of hydrogen-bond donors (Lipinski definition) is 0. The summed E-state index contributed by atoms with van der Waals surface area (Å²) in [5.41, 5.74) is 0.891. The molecule has 64 valence electrons. The lowest BCUT2D eigenvalue weighted by atomic mass is 10.4. The van der Waals surface area contributed by atoms with Crippen molar-refractivity contribution in [2.24, 2.45) is 9.98 Å². The van der Waals surface area contributed by atoms with Gasteiger partial charge in [0.15, 0.2) is 0 Å². The Bertz CT molecular complexity index is 267. The van der Waals surface area contributed by atoms with Crippen molar-refractivity contribution in [3.05, 3.63) is 11.6 Å². The van der Waals surface area contributed by atoms with Crippen LogP contribution in [0.3, 0.4) is 0 Å². The smallest absolute Gasteiger partial charge is 0.250 e. The second kappa shape index (κ2) is 5.08. The van der Waals surface area contributed by atoms with Crippen molar-refractivity contribution in [2.75, 3.05) is 7.11 Å². The van der Waals surface area contributed by atoms with Gasteiger partial charge in [-0.15, -0.1) is 0 Å². The molecule has 0 amide bonds. The van der Waals surface area contributed by atoms with E-state index in [2.05, 4.69) is 16.7 Å². The molecule has 0 aromatic carbocycles. The van der Waals surface area contributed by atoms with Crippen LogP contribution in [-0.2, 0) is 4.74 Å². The number of rotatable bonds is 3. The fourth-order valence-corrected chi connectivity index (χ4v) is 0.549. The molecule has 0 fully saturated rings. The van der Waals surface area contributed by atoms with E-state index in [0.717, 1.165) is 5.71 Å². The zero-order chi connectivity index (χ0) is 9.56. The number of aliphatic imine (C=N–C) groups is 2. The maximum atomic E-state index is 8.55. The van der Waals surface area contributed by atoms with Gasteiger partial charge in [-0.2, -0.15) is 5.26 Å². The van der Waals surface area contributed by atoms with Gasteiger partial charge in [0, 0.05) is 5.71 Å². The molecule has 0 heterocycles. The van der Waals surface area contributed by atoms with Crippen LogP contribution >= 0.6 is 0 Å². The number of ether oxygens (including phenoxy) is 1. The van der Waals surface area contributed by atoms with Gasteiger partial charge >= 0.3 is 0 Å². The number of nitriles is 1. The van der Waals surface area contributed by atoms with Crippen LogP contribution in [0.4, 0.5) is 0 Å². The molecule has 0 aromatic heterocycles. The Morgan fingerprint density at radius 2 is 2.08 bits per heavy atom. The fourth-order valence-electron chi connectivity index (χ4n) is 0.549. The molecule has 0 aliphatic heterocycles. The van der Waals surface area contributed by atoms with Gasteiger partial charge in [-0.3, -0.25) is 0 Å². The molecule has 0 bridgehead atoms. The number of hydrogen-bond acceptors (Lipinski definition) is 4. The van der Waals surface area contributed by atoms with Gasteiger partial charge in [0.2, 0.25) is 5.70 Å². The Balaban J connectivity index is 4.99. The van der Waals surface area contributed by atoms with E-state index < -0.39 is 0 Å². The lowest BCUT2D eigenvalue weighted by Crippen LogP contribution is -1.91. The third kappa shape index (κ3) is 2.97. The lowest BCUT2D eigenvalue weighted by molar-refractivity contribution is 0.285. The number of allylic oxidation sites excluding steroid dienone is 1. The van der Waals surface area contributed by atoms with Crippen molar-refractivity contribution in [2.45, 2.75) is 13.8 Å². The van der Waals surface area contributed by atoms with Gasteiger partial charge in [-0.25, -0.2) is 9.98 Å². The zero-order valence-electron chi connectivity index (χ0n) is 7.46. The summed E-state index contributed by atoms with van der Waals surface area (Å²) < 4.78 is 4.84. The Morgan fingerprint density at radius 1 is 1.50 bits per heavy atom. The largest absolute Gasteiger partial charge is 0.479 e. The predicted molar refractivity (Wildman–Crippen MR) is 48.0 cm³/mol. The van der Waals surface area contributed by atoms with Gasteiger partial charge in [0.05, 0.1) is 7.11 Å². The molecule has 0 saturated heterocycles. The second-order valence-corrected chi connectivity index (χ2v) is 2.19. The quantitative estimate of drug-likeness (QED) is 0.361. The molecule has 0 radical (unpaired) electrons. The second-order valence-electron chi connectivity index (χ2n) is 2.19. The van der Waals surface area contributed by atoms with Crippen molar-refractivity contribution in [1.82, 2.24) is 0 Å². The summed E-state index contributed by atoms with van der Waals surface area (Å²) >= 11 is 0. The molecular formula is C8H11N3O. The monoisotopic (exact) mass is 165 g/mol. The van der Waals surface area contributed by atoms with E-state index in [-0.39, 0.29) is 11.6 Å². The first-order valence-corrected chi connectivity index (χ1v) is 3.32. The fraction of sp³-hybridized carbons (Fsp3) is 0.375. The average molecular weight is 165 g/mol. The summed E-state index contributed by atoms with van der Waals surface area (Å²) in [4.78, 5) is 7.42. The van der Waals surface area contributed by atoms with E-state index in [4.69, 9.17) is 10.00 Å².